The van der Waals surface area contributed by atoms with Crippen LogP contribution in [0.15, 0.2) is 24.4 Å². The van der Waals surface area contributed by atoms with Gasteiger partial charge >= 0.3 is 0 Å². The highest BCUT2D eigenvalue weighted by Crippen LogP contribution is 2.40. The molecule has 1 saturated carbocycles. The lowest BCUT2D eigenvalue weighted by Gasteiger charge is -2.13. The summed E-state index contributed by atoms with van der Waals surface area (Å²) in [6.07, 6.45) is 5.11. The normalized spacial score (nSPS) is 17.6. The molecular weight excluding hydrogens is 200 g/mol. The Labute approximate surface area is 94.6 Å². The highest BCUT2D eigenvalue weighted by atomic mass is 16.5. The number of fused-ring (bicyclic) bond motifs is 1. The zero-order valence-electron chi connectivity index (χ0n) is 9.42. The van der Waals surface area contributed by atoms with Crippen molar-refractivity contribution in [2.75, 3.05) is 7.11 Å². The molecular formula is C13H16N2O. The average molecular weight is 216 g/mol. The van der Waals surface area contributed by atoms with Gasteiger partial charge in [-0.1, -0.05) is 0 Å². The molecule has 3 nitrogen and oxygen atoms in total. The molecule has 0 atom stereocenters. The lowest BCUT2D eigenvalue weighted by Crippen LogP contribution is -2.24. The zero-order chi connectivity index (χ0) is 11.2. The first-order valence-corrected chi connectivity index (χ1v) is 5.64. The summed E-state index contributed by atoms with van der Waals surface area (Å²) in [5, 5.41) is 1.23. The third-order valence-corrected chi connectivity index (χ3v) is 3.44. The van der Waals surface area contributed by atoms with Crippen molar-refractivity contribution in [3.05, 3.63) is 30.0 Å². The summed E-state index contributed by atoms with van der Waals surface area (Å²) in [4.78, 5) is 3.22. The Morgan fingerprint density at radius 1 is 1.38 bits per heavy atom. The fourth-order valence-electron chi connectivity index (χ4n) is 2.24. The van der Waals surface area contributed by atoms with Crippen molar-refractivity contribution in [1.29, 1.82) is 0 Å². The topological polar surface area (TPSA) is 51.0 Å². The van der Waals surface area contributed by atoms with Gasteiger partial charge in [0.25, 0.3) is 0 Å². The van der Waals surface area contributed by atoms with E-state index in [2.05, 4.69) is 11.1 Å². The Balaban J connectivity index is 2.13. The molecule has 0 bridgehead atoms. The van der Waals surface area contributed by atoms with Gasteiger partial charge in [0.05, 0.1) is 7.11 Å². The summed E-state index contributed by atoms with van der Waals surface area (Å²) in [5.74, 6) is 0.948. The van der Waals surface area contributed by atoms with Gasteiger partial charge in [0.2, 0.25) is 0 Å². The number of benzene rings is 1. The minimum atomic E-state index is 0.0127. The van der Waals surface area contributed by atoms with Gasteiger partial charge in [-0.05, 0) is 37.5 Å². The number of aromatic amines is 1. The monoisotopic (exact) mass is 216 g/mol. The molecule has 16 heavy (non-hydrogen) atoms. The van der Waals surface area contributed by atoms with Crippen molar-refractivity contribution in [1.82, 2.24) is 4.98 Å². The van der Waals surface area contributed by atoms with Gasteiger partial charge in [-0.3, -0.25) is 0 Å². The second kappa shape index (κ2) is 3.25. The first kappa shape index (κ1) is 9.73. The van der Waals surface area contributed by atoms with Crippen LogP contribution in [0.5, 0.6) is 5.75 Å². The van der Waals surface area contributed by atoms with E-state index < -0.39 is 0 Å². The summed E-state index contributed by atoms with van der Waals surface area (Å²) in [6, 6.07) is 6.16. The maximum Gasteiger partial charge on any atom is 0.122 e. The van der Waals surface area contributed by atoms with E-state index in [0.29, 0.717) is 0 Å². The predicted molar refractivity (Wildman–Crippen MR) is 64.7 cm³/mol. The van der Waals surface area contributed by atoms with Gasteiger partial charge in [0.15, 0.2) is 0 Å². The van der Waals surface area contributed by atoms with Gasteiger partial charge in [-0.25, -0.2) is 0 Å². The maximum absolute atomic E-state index is 6.20. The summed E-state index contributed by atoms with van der Waals surface area (Å²) in [7, 11) is 1.72. The van der Waals surface area contributed by atoms with E-state index in [1.807, 2.05) is 18.3 Å². The zero-order valence-corrected chi connectivity index (χ0v) is 9.42. The standard InChI is InChI=1S/C13H16N2O/c1-16-12-3-2-11-9(4-7-15-11)10(12)8-13(14)5-6-13/h2-4,7,15H,5-6,8,14H2,1H3. The molecule has 3 heteroatoms. The fraction of sp³-hybridized carbons (Fsp3) is 0.385. The second-order valence-corrected chi connectivity index (χ2v) is 4.72. The molecule has 0 unspecified atom stereocenters. The molecule has 0 radical (unpaired) electrons. The van der Waals surface area contributed by atoms with Gasteiger partial charge in [0.1, 0.15) is 5.75 Å². The Bertz CT molecular complexity index is 526. The lowest BCUT2D eigenvalue weighted by molar-refractivity contribution is 0.408. The summed E-state index contributed by atoms with van der Waals surface area (Å²) >= 11 is 0. The number of rotatable bonds is 3. The molecule has 0 saturated heterocycles. The van der Waals surface area contributed by atoms with Crippen LogP contribution in [0.3, 0.4) is 0 Å². The van der Waals surface area contributed by atoms with Crippen LogP contribution in [-0.4, -0.2) is 17.6 Å². The van der Waals surface area contributed by atoms with Crippen molar-refractivity contribution >= 4 is 10.9 Å². The Kier molecular flexibility index (Phi) is 1.98. The van der Waals surface area contributed by atoms with Crippen molar-refractivity contribution in [2.45, 2.75) is 24.8 Å². The smallest absolute Gasteiger partial charge is 0.122 e. The van der Waals surface area contributed by atoms with Crippen LogP contribution >= 0.6 is 0 Å². The largest absolute Gasteiger partial charge is 0.496 e. The van der Waals surface area contributed by atoms with Crippen LogP contribution in [0.4, 0.5) is 0 Å². The van der Waals surface area contributed by atoms with Crippen LogP contribution in [0.2, 0.25) is 0 Å². The molecule has 3 N–H and O–H groups in total. The molecule has 0 amide bonds. The molecule has 84 valence electrons. The minimum absolute atomic E-state index is 0.0127. The first-order valence-electron chi connectivity index (χ1n) is 5.64. The quantitative estimate of drug-likeness (QED) is 0.826. The second-order valence-electron chi connectivity index (χ2n) is 4.72. The number of nitrogens with one attached hydrogen (secondary N) is 1. The molecule has 1 aromatic carbocycles. The average Bonchev–Trinajstić information content (AvgIpc) is 2.82. The highest BCUT2D eigenvalue weighted by molar-refractivity contribution is 5.85. The van der Waals surface area contributed by atoms with Gasteiger partial charge < -0.3 is 15.5 Å². The van der Waals surface area contributed by atoms with Gasteiger partial charge in [-0.2, -0.15) is 0 Å². The molecule has 2 aromatic rings. The minimum Gasteiger partial charge on any atom is -0.496 e. The first-order chi connectivity index (χ1) is 7.72. The third kappa shape index (κ3) is 1.48. The van der Waals surface area contributed by atoms with E-state index in [4.69, 9.17) is 10.5 Å². The number of methoxy groups -OCH3 is 1. The Morgan fingerprint density at radius 3 is 2.88 bits per heavy atom. The molecule has 1 aromatic heterocycles. The van der Waals surface area contributed by atoms with E-state index in [1.165, 1.54) is 10.9 Å². The Morgan fingerprint density at radius 2 is 2.19 bits per heavy atom. The van der Waals surface area contributed by atoms with Crippen molar-refractivity contribution in [3.63, 3.8) is 0 Å². The SMILES string of the molecule is COc1ccc2[nH]ccc2c1CC1(N)CC1. The Hall–Kier alpha value is -1.48. The molecule has 1 aliphatic rings. The van der Waals surface area contributed by atoms with Crippen LogP contribution in [0, 0.1) is 0 Å². The van der Waals surface area contributed by atoms with Crippen LogP contribution in [0.1, 0.15) is 18.4 Å². The number of aromatic nitrogens is 1. The fourth-order valence-corrected chi connectivity index (χ4v) is 2.24. The van der Waals surface area contributed by atoms with E-state index in [-0.39, 0.29) is 5.54 Å². The summed E-state index contributed by atoms with van der Waals surface area (Å²) in [6.45, 7) is 0. The van der Waals surface area contributed by atoms with Crippen LogP contribution in [-0.2, 0) is 6.42 Å². The molecule has 0 spiro atoms. The van der Waals surface area contributed by atoms with Gasteiger partial charge in [-0.15, -0.1) is 0 Å². The molecule has 0 aliphatic heterocycles. The van der Waals surface area contributed by atoms with Crippen LogP contribution in [0.25, 0.3) is 10.9 Å². The molecule has 1 aliphatic carbocycles. The van der Waals surface area contributed by atoms with Crippen molar-refractivity contribution in [2.24, 2.45) is 5.73 Å². The van der Waals surface area contributed by atoms with E-state index in [9.17, 15) is 0 Å². The third-order valence-electron chi connectivity index (χ3n) is 3.44. The predicted octanol–water partition coefficient (Wildman–Crippen LogP) is 2.21. The molecule has 3 rings (SSSR count). The molecule has 1 fully saturated rings. The summed E-state index contributed by atoms with van der Waals surface area (Å²) < 4.78 is 5.43. The van der Waals surface area contributed by atoms with Crippen LogP contribution < -0.4 is 10.5 Å². The van der Waals surface area contributed by atoms with E-state index >= 15 is 0 Å². The van der Waals surface area contributed by atoms with Crippen molar-refractivity contribution in [3.8, 4) is 5.75 Å². The van der Waals surface area contributed by atoms with Gasteiger partial charge in [0, 0.05) is 28.2 Å². The summed E-state index contributed by atoms with van der Waals surface area (Å²) in [5.41, 5.74) is 8.60. The number of H-pyrrole nitrogens is 1. The lowest BCUT2D eigenvalue weighted by atomic mass is 10.00. The molecule has 1 heterocycles. The van der Waals surface area contributed by atoms with E-state index in [0.717, 1.165) is 30.5 Å². The number of hydrogen-bond acceptors (Lipinski definition) is 2. The maximum atomic E-state index is 6.20. The highest BCUT2D eigenvalue weighted by Gasteiger charge is 2.39. The number of nitrogens with two attached hydrogens (primary N) is 1. The van der Waals surface area contributed by atoms with Crippen molar-refractivity contribution < 1.29 is 4.74 Å². The van der Waals surface area contributed by atoms with E-state index in [1.54, 1.807) is 7.11 Å². The number of hydrogen-bond donors (Lipinski definition) is 2. The number of ether oxygens (including phenoxy) is 1.